The predicted molar refractivity (Wildman–Crippen MR) is 73.6 cm³/mol. The van der Waals surface area contributed by atoms with Crippen LogP contribution in [0.4, 0.5) is 11.5 Å². The fourth-order valence-corrected chi connectivity index (χ4v) is 1.76. The summed E-state index contributed by atoms with van der Waals surface area (Å²) in [7, 11) is 0. The molecule has 0 aromatic carbocycles. The molecule has 0 amide bonds. The monoisotopic (exact) mass is 254 g/mol. The lowest BCUT2D eigenvalue weighted by Crippen LogP contribution is -2.10. The molecule has 1 heterocycles. The molecule has 0 saturated heterocycles. The molecule has 6 heteroatoms. The van der Waals surface area contributed by atoms with Crippen LogP contribution in [0.3, 0.4) is 0 Å². The van der Waals surface area contributed by atoms with E-state index in [0.29, 0.717) is 24.0 Å². The summed E-state index contributed by atoms with van der Waals surface area (Å²) < 4.78 is 5.29. The molecule has 0 aliphatic rings. The number of nitrogens with zero attached hydrogens (tertiary/aromatic N) is 2. The van der Waals surface area contributed by atoms with E-state index in [4.69, 9.17) is 10.5 Å². The van der Waals surface area contributed by atoms with Crippen molar-refractivity contribution < 1.29 is 4.74 Å². The van der Waals surface area contributed by atoms with E-state index in [1.54, 1.807) is 11.8 Å². The average molecular weight is 254 g/mol. The van der Waals surface area contributed by atoms with E-state index >= 15 is 0 Å². The third-order valence-electron chi connectivity index (χ3n) is 1.90. The van der Waals surface area contributed by atoms with Crippen LogP contribution in [-0.2, 0) is 0 Å². The molecule has 0 unspecified atom stereocenters. The molecule has 3 N–H and O–H groups in total. The first-order valence-electron chi connectivity index (χ1n) is 5.45. The van der Waals surface area contributed by atoms with Crippen LogP contribution < -0.4 is 15.8 Å². The van der Waals surface area contributed by atoms with Crippen LogP contribution in [0.1, 0.15) is 6.92 Å². The van der Waals surface area contributed by atoms with Crippen LogP contribution >= 0.6 is 11.8 Å². The summed E-state index contributed by atoms with van der Waals surface area (Å²) in [5.41, 5.74) is 6.34. The molecule has 0 aliphatic heterocycles. The number of nitrogens with one attached hydrogen (secondary N) is 1. The van der Waals surface area contributed by atoms with Gasteiger partial charge in [-0.2, -0.15) is 16.7 Å². The highest BCUT2D eigenvalue weighted by molar-refractivity contribution is 7.99. The molecule has 0 fully saturated rings. The summed E-state index contributed by atoms with van der Waals surface area (Å²) in [6.45, 7) is 6.89. The number of nitrogens with two attached hydrogens (primary N) is 1. The number of hydrogen-bond donors (Lipinski definition) is 2. The Bertz CT molecular complexity index is 359. The van der Waals surface area contributed by atoms with Gasteiger partial charge in [-0.05, 0) is 6.92 Å². The van der Waals surface area contributed by atoms with Gasteiger partial charge in [0.2, 0.25) is 5.88 Å². The van der Waals surface area contributed by atoms with Crippen molar-refractivity contribution in [1.29, 1.82) is 0 Å². The van der Waals surface area contributed by atoms with Crippen molar-refractivity contribution in [2.75, 3.05) is 35.7 Å². The van der Waals surface area contributed by atoms with Gasteiger partial charge in [-0.3, -0.25) is 0 Å². The Kier molecular flexibility index (Phi) is 6.24. The summed E-state index contributed by atoms with van der Waals surface area (Å²) in [5.74, 6) is 2.98. The number of hydrogen-bond acceptors (Lipinski definition) is 6. The highest BCUT2D eigenvalue weighted by atomic mass is 32.2. The molecule has 1 aromatic heterocycles. The summed E-state index contributed by atoms with van der Waals surface area (Å²) in [5, 5.41) is 3.16. The van der Waals surface area contributed by atoms with Crippen LogP contribution in [-0.4, -0.2) is 34.6 Å². The van der Waals surface area contributed by atoms with E-state index < -0.39 is 0 Å². The molecule has 0 atom stereocenters. The fourth-order valence-electron chi connectivity index (χ4n) is 1.18. The second kappa shape index (κ2) is 7.78. The molecule has 94 valence electrons. The number of thioether (sulfide) groups is 1. The van der Waals surface area contributed by atoms with Crippen LogP contribution in [0.25, 0.3) is 0 Å². The second-order valence-electron chi connectivity index (χ2n) is 3.16. The topological polar surface area (TPSA) is 73.1 Å². The molecule has 0 spiro atoms. The van der Waals surface area contributed by atoms with Gasteiger partial charge in [0.15, 0.2) is 5.82 Å². The minimum absolute atomic E-state index is 0.434. The van der Waals surface area contributed by atoms with Gasteiger partial charge < -0.3 is 15.8 Å². The zero-order valence-electron chi connectivity index (χ0n) is 9.98. The largest absolute Gasteiger partial charge is 0.476 e. The van der Waals surface area contributed by atoms with Crippen LogP contribution in [0, 0.1) is 0 Å². The number of nitrogen functional groups attached to an aromatic ring is 1. The number of aromatic nitrogens is 2. The maximum Gasteiger partial charge on any atom is 0.242 e. The molecular weight excluding hydrogens is 236 g/mol. The third kappa shape index (κ3) is 4.52. The van der Waals surface area contributed by atoms with Crippen molar-refractivity contribution in [1.82, 2.24) is 9.97 Å². The first-order valence-corrected chi connectivity index (χ1v) is 6.60. The van der Waals surface area contributed by atoms with E-state index in [2.05, 4.69) is 21.9 Å². The molecule has 0 saturated carbocycles. The lowest BCUT2D eigenvalue weighted by Gasteiger charge is -2.10. The Morgan fingerprint density at radius 2 is 2.41 bits per heavy atom. The van der Waals surface area contributed by atoms with Gasteiger partial charge >= 0.3 is 0 Å². The maximum absolute atomic E-state index is 5.87. The standard InChI is InChI=1S/C11H18N4OS/c1-3-6-17-7-5-13-10-9(12)11(16-4-2)15-8-14-10/h3,8H,1,4-7,12H2,2H3,(H,13,14,15). The van der Waals surface area contributed by atoms with Crippen LogP contribution in [0.5, 0.6) is 5.88 Å². The van der Waals surface area contributed by atoms with Crippen molar-refractivity contribution in [2.24, 2.45) is 0 Å². The smallest absolute Gasteiger partial charge is 0.242 e. The lowest BCUT2D eigenvalue weighted by molar-refractivity contribution is 0.328. The summed E-state index contributed by atoms with van der Waals surface area (Å²) in [6.07, 6.45) is 3.33. The van der Waals surface area contributed by atoms with Crippen molar-refractivity contribution >= 4 is 23.3 Å². The second-order valence-corrected chi connectivity index (χ2v) is 4.31. The number of ether oxygens (including phenoxy) is 1. The predicted octanol–water partition coefficient (Wildman–Crippen LogP) is 1.79. The van der Waals surface area contributed by atoms with Gasteiger partial charge in [-0.1, -0.05) is 6.08 Å². The first-order chi connectivity index (χ1) is 8.29. The number of rotatable bonds is 8. The Labute approximate surface area is 106 Å². The van der Waals surface area contributed by atoms with Gasteiger partial charge in [-0.25, -0.2) is 4.98 Å². The van der Waals surface area contributed by atoms with E-state index in [9.17, 15) is 0 Å². The van der Waals surface area contributed by atoms with Gasteiger partial charge in [0.1, 0.15) is 12.0 Å². The van der Waals surface area contributed by atoms with Crippen molar-refractivity contribution in [3.05, 3.63) is 19.0 Å². The van der Waals surface area contributed by atoms with Gasteiger partial charge in [0.05, 0.1) is 6.61 Å². The van der Waals surface area contributed by atoms with Gasteiger partial charge in [0.25, 0.3) is 0 Å². The fraction of sp³-hybridized carbons (Fsp3) is 0.455. The van der Waals surface area contributed by atoms with Gasteiger partial charge in [0, 0.05) is 18.1 Å². The third-order valence-corrected chi connectivity index (χ3v) is 2.87. The average Bonchev–Trinajstić information content (AvgIpc) is 2.33. The molecule has 0 radical (unpaired) electrons. The first kappa shape index (κ1) is 13.6. The highest BCUT2D eigenvalue weighted by Crippen LogP contribution is 2.24. The van der Waals surface area contributed by atoms with E-state index in [1.165, 1.54) is 6.33 Å². The molecule has 0 aliphatic carbocycles. The van der Waals surface area contributed by atoms with Crippen LogP contribution in [0.2, 0.25) is 0 Å². The van der Waals surface area contributed by atoms with Gasteiger partial charge in [-0.15, -0.1) is 6.58 Å². The summed E-state index contributed by atoms with van der Waals surface area (Å²) >= 11 is 1.80. The Hall–Kier alpha value is -1.43. The van der Waals surface area contributed by atoms with Crippen molar-refractivity contribution in [2.45, 2.75) is 6.92 Å². The molecule has 5 nitrogen and oxygen atoms in total. The maximum atomic E-state index is 5.87. The minimum Gasteiger partial charge on any atom is -0.476 e. The lowest BCUT2D eigenvalue weighted by atomic mass is 10.4. The summed E-state index contributed by atoms with van der Waals surface area (Å²) in [4.78, 5) is 8.05. The van der Waals surface area contributed by atoms with E-state index in [1.807, 2.05) is 13.0 Å². The quantitative estimate of drug-likeness (QED) is 0.544. The Balaban J connectivity index is 2.47. The van der Waals surface area contributed by atoms with E-state index in [0.717, 1.165) is 18.1 Å². The normalized spacial score (nSPS) is 9.94. The zero-order chi connectivity index (χ0) is 12.5. The Morgan fingerprint density at radius 3 is 3.12 bits per heavy atom. The molecule has 1 aromatic rings. The zero-order valence-corrected chi connectivity index (χ0v) is 10.8. The minimum atomic E-state index is 0.434. The highest BCUT2D eigenvalue weighted by Gasteiger charge is 2.07. The molecule has 0 bridgehead atoms. The Morgan fingerprint density at radius 1 is 1.59 bits per heavy atom. The SMILES string of the molecule is C=CCSCCNc1ncnc(OCC)c1N. The molecule has 17 heavy (non-hydrogen) atoms. The van der Waals surface area contributed by atoms with Crippen molar-refractivity contribution in [3.63, 3.8) is 0 Å². The van der Waals surface area contributed by atoms with E-state index in [-0.39, 0.29) is 0 Å². The molecule has 1 rings (SSSR count). The summed E-state index contributed by atoms with van der Waals surface area (Å²) in [6, 6.07) is 0. The number of anilines is 2. The van der Waals surface area contributed by atoms with Crippen LogP contribution in [0.15, 0.2) is 19.0 Å². The molecular formula is C11H18N4OS. The van der Waals surface area contributed by atoms with Crippen molar-refractivity contribution in [3.8, 4) is 5.88 Å².